The van der Waals surface area contributed by atoms with Crippen molar-refractivity contribution in [3.63, 3.8) is 0 Å². The first-order valence-corrected chi connectivity index (χ1v) is 16.8. The molecule has 0 amide bonds. The molecule has 1 aliphatic rings. The Hall–Kier alpha value is -5.96. The van der Waals surface area contributed by atoms with Gasteiger partial charge in [0.2, 0.25) is 0 Å². The normalized spacial score (nSPS) is 12.9. The van der Waals surface area contributed by atoms with Gasteiger partial charge in [-0.05, 0) is 63.7 Å². The molecule has 0 radical (unpaired) electrons. The summed E-state index contributed by atoms with van der Waals surface area (Å²) < 4.78 is 2.39. The van der Waals surface area contributed by atoms with Gasteiger partial charge in [-0.15, -0.1) is 11.3 Å². The van der Waals surface area contributed by atoms with Gasteiger partial charge in [0.05, 0.1) is 11.6 Å². The van der Waals surface area contributed by atoms with E-state index in [0.29, 0.717) is 23.0 Å². The van der Waals surface area contributed by atoms with E-state index < -0.39 is 0 Å². The van der Waals surface area contributed by atoms with Crippen molar-refractivity contribution in [2.75, 3.05) is 0 Å². The smallest absolute Gasteiger partial charge is 0.165 e. The summed E-state index contributed by atoms with van der Waals surface area (Å²) in [5.41, 5.74) is 11.0. The maximum absolute atomic E-state index is 9.57. The van der Waals surface area contributed by atoms with Crippen molar-refractivity contribution in [1.82, 2.24) is 15.0 Å². The largest absolute Gasteiger partial charge is 0.208 e. The topological polar surface area (TPSA) is 62.5 Å². The van der Waals surface area contributed by atoms with Crippen LogP contribution in [-0.4, -0.2) is 15.0 Å². The molecule has 0 aliphatic heterocycles. The summed E-state index contributed by atoms with van der Waals surface area (Å²) in [5, 5.41) is 12.0. The summed E-state index contributed by atoms with van der Waals surface area (Å²) in [6, 6.07) is 48.4. The Bertz CT molecular complexity index is 2600. The minimum absolute atomic E-state index is 0.164. The quantitative estimate of drug-likeness (QED) is 0.194. The molecule has 6 aromatic carbocycles. The first-order valence-electron chi connectivity index (χ1n) is 16.0. The Morgan fingerprint density at radius 1 is 0.542 bits per heavy atom. The van der Waals surface area contributed by atoms with E-state index in [-0.39, 0.29) is 5.41 Å². The van der Waals surface area contributed by atoms with Gasteiger partial charge < -0.3 is 0 Å². The second-order valence-electron chi connectivity index (χ2n) is 12.8. The maximum atomic E-state index is 9.57. The number of aromatic nitrogens is 3. The van der Waals surface area contributed by atoms with Crippen molar-refractivity contribution >= 4 is 31.5 Å². The summed E-state index contributed by atoms with van der Waals surface area (Å²) in [6.45, 7) is 4.71. The number of fused-ring (bicyclic) bond motifs is 6. The lowest BCUT2D eigenvalue weighted by Crippen LogP contribution is -2.16. The molecule has 5 heteroatoms. The van der Waals surface area contributed by atoms with Crippen LogP contribution in [0.2, 0.25) is 0 Å². The van der Waals surface area contributed by atoms with Crippen LogP contribution >= 0.6 is 11.3 Å². The Labute approximate surface area is 282 Å². The molecule has 226 valence electrons. The Kier molecular flexibility index (Phi) is 6.36. The van der Waals surface area contributed by atoms with E-state index in [2.05, 4.69) is 98.8 Å². The molecule has 8 aromatic rings. The number of benzene rings is 6. The molecule has 2 aromatic heterocycles. The van der Waals surface area contributed by atoms with Gasteiger partial charge in [0, 0.05) is 42.3 Å². The second-order valence-corrected chi connectivity index (χ2v) is 13.8. The molecular weight excluding hydrogens is 605 g/mol. The molecular formula is C43H28N4S. The third kappa shape index (κ3) is 4.38. The van der Waals surface area contributed by atoms with Gasteiger partial charge in [0.1, 0.15) is 0 Å². The van der Waals surface area contributed by atoms with Crippen LogP contribution in [0.5, 0.6) is 0 Å². The lowest BCUT2D eigenvalue weighted by Gasteiger charge is -2.24. The number of hydrogen-bond acceptors (Lipinski definition) is 5. The van der Waals surface area contributed by atoms with E-state index in [1.807, 2.05) is 48.5 Å². The molecule has 9 rings (SSSR count). The fraction of sp³-hybridized carbons (Fsp3) is 0.0698. The zero-order chi connectivity index (χ0) is 32.4. The fourth-order valence-electron chi connectivity index (χ4n) is 7.27. The molecule has 0 spiro atoms. The first-order chi connectivity index (χ1) is 23.5. The average Bonchev–Trinajstić information content (AvgIpc) is 3.62. The van der Waals surface area contributed by atoms with E-state index in [4.69, 9.17) is 15.0 Å². The molecule has 0 N–H and O–H groups in total. The highest BCUT2D eigenvalue weighted by atomic mass is 32.1. The second kappa shape index (κ2) is 10.8. The third-order valence-corrected chi connectivity index (χ3v) is 10.7. The van der Waals surface area contributed by atoms with Crippen LogP contribution in [-0.2, 0) is 5.41 Å². The van der Waals surface area contributed by atoms with Crippen LogP contribution in [0.3, 0.4) is 0 Å². The summed E-state index contributed by atoms with van der Waals surface area (Å²) in [4.78, 5) is 14.9. The number of nitriles is 1. The monoisotopic (exact) mass is 632 g/mol. The highest BCUT2D eigenvalue weighted by molar-refractivity contribution is 7.26. The van der Waals surface area contributed by atoms with E-state index in [1.165, 1.54) is 48.9 Å². The summed E-state index contributed by atoms with van der Waals surface area (Å²) >= 11 is 1.79. The lowest BCUT2D eigenvalue weighted by atomic mass is 9.78. The SMILES string of the molecule is CC1(C)c2cc3c(cc2-c2cccc(-c4ccccc4)c21)sc1c(-c2nc(-c4ccccc4)nc(-c4cccc(C#N)c4)n2)cccc13. The van der Waals surface area contributed by atoms with Crippen LogP contribution in [0.25, 0.3) is 76.6 Å². The van der Waals surface area contributed by atoms with Gasteiger partial charge >= 0.3 is 0 Å². The Morgan fingerprint density at radius 2 is 1.17 bits per heavy atom. The van der Waals surface area contributed by atoms with Gasteiger partial charge in [-0.3, -0.25) is 0 Å². The van der Waals surface area contributed by atoms with Crippen LogP contribution in [0, 0.1) is 11.3 Å². The van der Waals surface area contributed by atoms with Crippen LogP contribution in [0.4, 0.5) is 0 Å². The first kappa shape index (κ1) is 28.3. The molecule has 48 heavy (non-hydrogen) atoms. The van der Waals surface area contributed by atoms with E-state index in [9.17, 15) is 5.26 Å². The van der Waals surface area contributed by atoms with Gasteiger partial charge in [-0.25, -0.2) is 15.0 Å². The minimum atomic E-state index is -0.164. The molecule has 0 atom stereocenters. The third-order valence-electron chi connectivity index (χ3n) is 9.53. The molecule has 4 nitrogen and oxygen atoms in total. The minimum Gasteiger partial charge on any atom is -0.208 e. The summed E-state index contributed by atoms with van der Waals surface area (Å²) in [5.74, 6) is 1.76. The molecule has 0 fully saturated rings. The van der Waals surface area contributed by atoms with Gasteiger partial charge in [-0.1, -0.05) is 117 Å². The standard InChI is InChI=1S/C43H28N4S/c1-43(2)36-23-35-32-20-11-21-33(39(32)48-37(35)24-34(36)31-19-10-18-30(38(31)43)27-13-5-3-6-14-27)42-46-40(28-15-7-4-8-16-28)45-41(47-42)29-17-9-12-26(22-29)25-44/h3-24H,1-2H3. The van der Waals surface area contributed by atoms with E-state index >= 15 is 0 Å². The highest BCUT2D eigenvalue weighted by Gasteiger charge is 2.38. The molecule has 0 saturated carbocycles. The van der Waals surface area contributed by atoms with Crippen molar-refractivity contribution in [1.29, 1.82) is 5.26 Å². The van der Waals surface area contributed by atoms with E-state index in [0.717, 1.165) is 21.4 Å². The van der Waals surface area contributed by atoms with Crippen LogP contribution in [0.15, 0.2) is 133 Å². The number of hydrogen-bond donors (Lipinski definition) is 0. The van der Waals surface area contributed by atoms with Crippen LogP contribution in [0.1, 0.15) is 30.5 Å². The number of rotatable bonds is 4. The van der Waals surface area contributed by atoms with E-state index in [1.54, 1.807) is 17.4 Å². The summed E-state index contributed by atoms with van der Waals surface area (Å²) in [6.07, 6.45) is 0. The lowest BCUT2D eigenvalue weighted by molar-refractivity contribution is 0.663. The molecule has 0 unspecified atom stereocenters. The molecule has 0 saturated heterocycles. The zero-order valence-electron chi connectivity index (χ0n) is 26.4. The summed E-state index contributed by atoms with van der Waals surface area (Å²) in [7, 11) is 0. The van der Waals surface area contributed by atoms with Crippen molar-refractivity contribution in [2.24, 2.45) is 0 Å². The van der Waals surface area contributed by atoms with Gasteiger partial charge in [0.25, 0.3) is 0 Å². The van der Waals surface area contributed by atoms with Gasteiger partial charge in [-0.2, -0.15) is 5.26 Å². The Balaban J connectivity index is 1.25. The van der Waals surface area contributed by atoms with Gasteiger partial charge in [0.15, 0.2) is 17.5 Å². The Morgan fingerprint density at radius 3 is 1.94 bits per heavy atom. The van der Waals surface area contributed by atoms with Crippen LogP contribution < -0.4 is 0 Å². The predicted octanol–water partition coefficient (Wildman–Crippen LogP) is 11.1. The fourth-order valence-corrected chi connectivity index (χ4v) is 8.51. The predicted molar refractivity (Wildman–Crippen MR) is 197 cm³/mol. The molecule has 1 aliphatic carbocycles. The average molecular weight is 633 g/mol. The number of nitrogens with zero attached hydrogens (tertiary/aromatic N) is 4. The highest BCUT2D eigenvalue weighted by Crippen LogP contribution is 2.54. The van der Waals surface area contributed by atoms with Crippen molar-refractivity contribution in [3.05, 3.63) is 150 Å². The molecule has 0 bridgehead atoms. The van der Waals surface area contributed by atoms with Crippen molar-refractivity contribution < 1.29 is 0 Å². The maximum Gasteiger partial charge on any atom is 0.165 e. The number of thiophene rings is 1. The van der Waals surface area contributed by atoms with Crippen molar-refractivity contribution in [2.45, 2.75) is 19.3 Å². The zero-order valence-corrected chi connectivity index (χ0v) is 27.2. The molecule has 2 heterocycles. The van der Waals surface area contributed by atoms with Crippen molar-refractivity contribution in [3.8, 4) is 62.5 Å².